The summed E-state index contributed by atoms with van der Waals surface area (Å²) in [5.41, 5.74) is 1.11. The molecule has 1 aromatic rings. The monoisotopic (exact) mass is 408 g/mol. The van der Waals surface area contributed by atoms with E-state index in [1.165, 1.54) is 44.1 Å². The lowest BCUT2D eigenvalue weighted by Gasteiger charge is -2.36. The number of methoxy groups -OCH3 is 3. The minimum absolute atomic E-state index is 0.180. The summed E-state index contributed by atoms with van der Waals surface area (Å²) in [5.74, 6) is 0.114. The molecule has 0 bridgehead atoms. The molecule has 4 heteroatoms. The molecule has 0 saturated carbocycles. The van der Waals surface area contributed by atoms with Crippen LogP contribution in [-0.4, -0.2) is 32.9 Å². The van der Waals surface area contributed by atoms with E-state index in [0.717, 1.165) is 25.0 Å². The van der Waals surface area contributed by atoms with Gasteiger partial charge in [-0.3, -0.25) is 0 Å². The molecule has 29 heavy (non-hydrogen) atoms. The molecule has 0 saturated heterocycles. The van der Waals surface area contributed by atoms with Gasteiger partial charge in [-0.05, 0) is 57.7 Å². The number of ether oxygens (including phenoxy) is 4. The Morgan fingerprint density at radius 1 is 0.759 bits per heavy atom. The van der Waals surface area contributed by atoms with Crippen molar-refractivity contribution in [2.45, 2.75) is 97.1 Å². The zero-order valence-electron chi connectivity index (χ0n) is 19.9. The average Bonchev–Trinajstić information content (AvgIpc) is 2.69. The van der Waals surface area contributed by atoms with Gasteiger partial charge in [0.2, 0.25) is 0 Å². The van der Waals surface area contributed by atoms with E-state index in [9.17, 15) is 0 Å². The third kappa shape index (κ3) is 9.50. The van der Waals surface area contributed by atoms with Gasteiger partial charge in [-0.25, -0.2) is 0 Å². The number of rotatable bonds is 15. The van der Waals surface area contributed by atoms with Crippen LogP contribution in [0.4, 0.5) is 0 Å². The number of hydrogen-bond donors (Lipinski definition) is 0. The van der Waals surface area contributed by atoms with Gasteiger partial charge in [-0.1, -0.05) is 57.6 Å². The van der Waals surface area contributed by atoms with Crippen LogP contribution in [0.25, 0.3) is 0 Å². The van der Waals surface area contributed by atoms with Crippen LogP contribution >= 0.6 is 0 Å². The van der Waals surface area contributed by atoms with Crippen LogP contribution in [0, 0.1) is 5.92 Å². The first-order valence-electron chi connectivity index (χ1n) is 11.2. The summed E-state index contributed by atoms with van der Waals surface area (Å²) in [6.45, 7) is 8.44. The predicted octanol–water partition coefficient (Wildman–Crippen LogP) is 6.76. The zero-order valence-corrected chi connectivity index (χ0v) is 19.9. The number of benzene rings is 1. The molecular weight excluding hydrogens is 364 g/mol. The minimum Gasteiger partial charge on any atom is -0.488 e. The molecular formula is C25H44O4. The van der Waals surface area contributed by atoms with E-state index in [1.807, 2.05) is 0 Å². The molecule has 0 heterocycles. The Morgan fingerprint density at radius 2 is 1.31 bits per heavy atom. The second-order valence-electron chi connectivity index (χ2n) is 8.87. The molecule has 0 radical (unpaired) electrons. The number of unbranched alkanes of at least 4 members (excludes halogenated alkanes) is 5. The Kier molecular flexibility index (Phi) is 11.9. The van der Waals surface area contributed by atoms with Gasteiger partial charge in [0.25, 0.3) is 5.97 Å². The highest BCUT2D eigenvalue weighted by molar-refractivity contribution is 5.27. The summed E-state index contributed by atoms with van der Waals surface area (Å²) in [6, 6.07) is 8.41. The van der Waals surface area contributed by atoms with Crippen LogP contribution in [0.15, 0.2) is 24.3 Å². The molecule has 0 fully saturated rings. The highest BCUT2D eigenvalue weighted by atomic mass is 16.9. The second-order valence-corrected chi connectivity index (χ2v) is 8.87. The maximum atomic E-state index is 5.92. The summed E-state index contributed by atoms with van der Waals surface area (Å²) in [5, 5.41) is 0. The highest BCUT2D eigenvalue weighted by Gasteiger charge is 2.39. The quantitative estimate of drug-likeness (QED) is 0.237. The molecule has 0 aromatic heterocycles. The normalized spacial score (nSPS) is 13.5. The fourth-order valence-electron chi connectivity index (χ4n) is 3.84. The van der Waals surface area contributed by atoms with Crippen molar-refractivity contribution in [2.24, 2.45) is 5.92 Å². The third-order valence-electron chi connectivity index (χ3n) is 5.39. The maximum absolute atomic E-state index is 5.92. The van der Waals surface area contributed by atoms with Gasteiger partial charge in [0.05, 0.1) is 0 Å². The van der Waals surface area contributed by atoms with E-state index in [0.29, 0.717) is 0 Å². The van der Waals surface area contributed by atoms with Crippen molar-refractivity contribution >= 4 is 0 Å². The van der Waals surface area contributed by atoms with Gasteiger partial charge in [-0.2, -0.15) is 0 Å². The molecule has 4 nitrogen and oxygen atoms in total. The largest absolute Gasteiger partial charge is 0.488 e. The van der Waals surface area contributed by atoms with Crippen molar-refractivity contribution < 1.29 is 18.9 Å². The maximum Gasteiger partial charge on any atom is 0.285 e. The molecule has 0 N–H and O–H groups in total. The van der Waals surface area contributed by atoms with Crippen molar-refractivity contribution in [1.29, 1.82) is 0 Å². The lowest BCUT2D eigenvalue weighted by Crippen LogP contribution is -2.44. The molecule has 1 aromatic carbocycles. The van der Waals surface area contributed by atoms with E-state index in [-0.39, 0.29) is 11.5 Å². The van der Waals surface area contributed by atoms with E-state index in [2.05, 4.69) is 52.0 Å². The molecule has 0 amide bonds. The van der Waals surface area contributed by atoms with E-state index < -0.39 is 5.97 Å². The molecule has 0 aliphatic heterocycles. The van der Waals surface area contributed by atoms with E-state index in [4.69, 9.17) is 18.9 Å². The minimum atomic E-state index is -0.974. The fourth-order valence-corrected chi connectivity index (χ4v) is 3.84. The molecule has 168 valence electrons. The van der Waals surface area contributed by atoms with E-state index in [1.54, 1.807) is 21.3 Å². The SMILES string of the molecule is CCCCCCCCC(CCc1ccc(OC(C)(C)C)cc1)C(OC)(OC)OC. The Hall–Kier alpha value is -1.10. The van der Waals surface area contributed by atoms with Crippen LogP contribution in [0.1, 0.15) is 84.6 Å². The predicted molar refractivity (Wildman–Crippen MR) is 120 cm³/mol. The molecule has 0 aliphatic carbocycles. The van der Waals surface area contributed by atoms with E-state index >= 15 is 0 Å². The zero-order chi connectivity index (χ0) is 21.8. The standard InChI is InChI=1S/C25H44O4/c1-8-9-10-11-12-13-14-22(25(26-5,27-6)28-7)18-15-21-16-19-23(20-17-21)29-24(2,3)4/h16-17,19-20,22H,8-15,18H2,1-7H3. The molecule has 1 rings (SSSR count). The van der Waals surface area contributed by atoms with Crippen LogP contribution in [0.5, 0.6) is 5.75 Å². The van der Waals surface area contributed by atoms with Crippen LogP contribution < -0.4 is 4.74 Å². The van der Waals surface area contributed by atoms with Crippen molar-refractivity contribution in [3.63, 3.8) is 0 Å². The molecule has 0 spiro atoms. The number of hydrogen-bond acceptors (Lipinski definition) is 4. The molecule has 1 unspecified atom stereocenters. The lowest BCUT2D eigenvalue weighted by atomic mass is 9.91. The summed E-state index contributed by atoms with van der Waals surface area (Å²) in [7, 11) is 5.00. The summed E-state index contributed by atoms with van der Waals surface area (Å²) < 4.78 is 23.0. The lowest BCUT2D eigenvalue weighted by molar-refractivity contribution is -0.380. The first-order chi connectivity index (χ1) is 13.8. The van der Waals surface area contributed by atoms with Crippen molar-refractivity contribution in [1.82, 2.24) is 0 Å². The Balaban J connectivity index is 2.68. The van der Waals surface area contributed by atoms with Gasteiger partial charge in [0, 0.05) is 27.2 Å². The van der Waals surface area contributed by atoms with Gasteiger partial charge in [0.15, 0.2) is 0 Å². The first-order valence-corrected chi connectivity index (χ1v) is 11.2. The Morgan fingerprint density at radius 3 is 1.83 bits per heavy atom. The fraction of sp³-hybridized carbons (Fsp3) is 0.760. The van der Waals surface area contributed by atoms with Gasteiger partial charge < -0.3 is 18.9 Å². The average molecular weight is 409 g/mol. The smallest absolute Gasteiger partial charge is 0.285 e. The topological polar surface area (TPSA) is 36.9 Å². The van der Waals surface area contributed by atoms with Crippen LogP contribution in [0.2, 0.25) is 0 Å². The Bertz CT molecular complexity index is 520. The van der Waals surface area contributed by atoms with Crippen LogP contribution in [-0.2, 0) is 20.6 Å². The van der Waals surface area contributed by atoms with Crippen molar-refractivity contribution in [3.05, 3.63) is 29.8 Å². The Labute approximate surface area is 179 Å². The number of aryl methyl sites for hydroxylation is 1. The van der Waals surface area contributed by atoms with Gasteiger partial charge >= 0.3 is 0 Å². The van der Waals surface area contributed by atoms with Gasteiger partial charge in [-0.15, -0.1) is 0 Å². The third-order valence-corrected chi connectivity index (χ3v) is 5.39. The summed E-state index contributed by atoms with van der Waals surface area (Å²) in [6.07, 6.45) is 10.6. The highest BCUT2D eigenvalue weighted by Crippen LogP contribution is 2.32. The summed E-state index contributed by atoms with van der Waals surface area (Å²) >= 11 is 0. The van der Waals surface area contributed by atoms with Gasteiger partial charge in [0.1, 0.15) is 11.4 Å². The molecule has 0 aliphatic rings. The van der Waals surface area contributed by atoms with Crippen molar-refractivity contribution in [3.8, 4) is 5.75 Å². The second kappa shape index (κ2) is 13.3. The first kappa shape index (κ1) is 25.9. The van der Waals surface area contributed by atoms with Crippen molar-refractivity contribution in [2.75, 3.05) is 21.3 Å². The summed E-state index contributed by atoms with van der Waals surface area (Å²) in [4.78, 5) is 0. The van der Waals surface area contributed by atoms with Crippen LogP contribution in [0.3, 0.4) is 0 Å². The molecule has 1 atom stereocenters.